The number of hydrogen-bond donors (Lipinski definition) is 0. The summed E-state index contributed by atoms with van der Waals surface area (Å²) in [7, 11) is 1.61. The van der Waals surface area contributed by atoms with Gasteiger partial charge in [-0.1, -0.05) is 54.8 Å². The molecule has 0 nitrogen and oxygen atoms in total. The van der Waals surface area contributed by atoms with E-state index in [1.54, 1.807) is 10.4 Å². The summed E-state index contributed by atoms with van der Waals surface area (Å²) in [6.45, 7) is 9.67. The molecule has 13 heavy (non-hydrogen) atoms. The fraction of sp³-hybridized carbons (Fsp3) is 0.400. The highest BCUT2D eigenvalue weighted by Gasteiger charge is 2.12. The molecule has 0 aliphatic carbocycles. The lowest BCUT2D eigenvalue weighted by atomic mass is 10.3. The van der Waals surface area contributed by atoms with E-state index < -0.39 is 17.6 Å². The normalized spacial score (nSPS) is 11.3. The van der Waals surface area contributed by atoms with Crippen LogP contribution in [-0.4, -0.2) is 17.6 Å². The van der Waals surface area contributed by atoms with Crippen molar-refractivity contribution in [1.29, 1.82) is 0 Å². The summed E-state index contributed by atoms with van der Waals surface area (Å²) in [6.07, 6.45) is 0. The van der Waals surface area contributed by atoms with E-state index in [0.717, 1.165) is 0 Å². The predicted octanol–water partition coefficient (Wildman–Crippen LogP) is 0.574. The quantitative estimate of drug-likeness (QED) is 0.511. The highest BCUT2D eigenvalue weighted by atomic mass is 31.0. The summed E-state index contributed by atoms with van der Waals surface area (Å²) in [4.78, 5) is 0. The lowest BCUT2D eigenvalue weighted by molar-refractivity contribution is 1.81. The van der Waals surface area contributed by atoms with Gasteiger partial charge in [-0.2, -0.15) is 0 Å². The van der Waals surface area contributed by atoms with E-state index in [1.165, 1.54) is 5.30 Å². The zero-order valence-electron chi connectivity index (χ0n) is 8.96. The van der Waals surface area contributed by atoms with Gasteiger partial charge in [0.1, 0.15) is 0 Å². The molecule has 0 aliphatic heterocycles. The van der Waals surface area contributed by atoms with Crippen molar-refractivity contribution >= 4 is 42.5 Å². The Kier molecular flexibility index (Phi) is 3.90. The monoisotopic (exact) mass is 226 g/mol. The van der Waals surface area contributed by atoms with Crippen LogP contribution in [0.4, 0.5) is 0 Å². The van der Waals surface area contributed by atoms with E-state index in [0.29, 0.717) is 0 Å². The number of benzene rings is 1. The van der Waals surface area contributed by atoms with Crippen LogP contribution in [-0.2, 0) is 0 Å². The van der Waals surface area contributed by atoms with Gasteiger partial charge < -0.3 is 0 Å². The maximum Gasteiger partial charge on any atom is 0.0653 e. The maximum atomic E-state index is 2.89. The van der Waals surface area contributed by atoms with Crippen LogP contribution in [0, 0.1) is 0 Å². The van der Waals surface area contributed by atoms with Crippen molar-refractivity contribution in [2.75, 3.05) is 0 Å². The topological polar surface area (TPSA) is 0 Å². The molecule has 0 N–H and O–H groups in total. The van der Waals surface area contributed by atoms with Gasteiger partial charge >= 0.3 is 0 Å². The third-order valence-electron chi connectivity index (χ3n) is 2.37. The van der Waals surface area contributed by atoms with E-state index in [9.17, 15) is 0 Å². The molecule has 3 heteroatoms. The summed E-state index contributed by atoms with van der Waals surface area (Å²) in [6, 6.07) is 6.77. The first-order valence-electron chi connectivity index (χ1n) is 4.92. The molecule has 1 atom stereocenters. The molecule has 0 heterocycles. The minimum Gasteiger partial charge on any atom is -0.106 e. The Morgan fingerprint density at radius 1 is 1.00 bits per heavy atom. The Morgan fingerprint density at radius 3 is 2.00 bits per heavy atom. The molecule has 0 aliphatic rings. The van der Waals surface area contributed by atoms with Crippen molar-refractivity contribution in [1.82, 2.24) is 0 Å². The summed E-state index contributed by atoms with van der Waals surface area (Å²) in [5.41, 5.74) is 0. The summed E-state index contributed by atoms with van der Waals surface area (Å²) in [5, 5.41) is 4.84. The smallest absolute Gasteiger partial charge is 0.0653 e. The number of rotatable bonds is 2. The van der Waals surface area contributed by atoms with Crippen molar-refractivity contribution < 1.29 is 0 Å². The third-order valence-corrected chi connectivity index (χ3v) is 7.11. The summed E-state index contributed by atoms with van der Waals surface area (Å²) < 4.78 is 0. The van der Waals surface area contributed by atoms with Gasteiger partial charge in [0.2, 0.25) is 0 Å². The molecule has 0 aromatic heterocycles. The molecule has 0 saturated heterocycles. The summed E-state index contributed by atoms with van der Waals surface area (Å²) in [5.74, 6) is 0. The molecular weight excluding hydrogens is 207 g/mol. The average Bonchev–Trinajstić information content (AvgIpc) is 2.02. The first-order valence-corrected chi connectivity index (χ1v) is 11.3. The largest absolute Gasteiger partial charge is 0.106 e. The highest BCUT2D eigenvalue weighted by Crippen LogP contribution is 1.92. The third kappa shape index (κ3) is 2.52. The molecule has 0 bridgehead atoms. The molecule has 0 fully saturated rings. The Bertz CT molecular complexity index is 295. The second kappa shape index (κ2) is 4.54. The van der Waals surface area contributed by atoms with Gasteiger partial charge in [-0.15, -0.1) is 9.24 Å². The predicted molar refractivity (Wildman–Crippen MR) is 72.8 cm³/mol. The summed E-state index contributed by atoms with van der Waals surface area (Å²) >= 11 is 0. The van der Waals surface area contributed by atoms with Crippen molar-refractivity contribution in [3.63, 3.8) is 0 Å². The van der Waals surface area contributed by atoms with E-state index in [4.69, 9.17) is 0 Å². The minimum absolute atomic E-state index is 0.631. The van der Waals surface area contributed by atoms with Crippen LogP contribution in [0.25, 0.3) is 0 Å². The second-order valence-corrected chi connectivity index (χ2v) is 10.6. The Labute approximate surface area is 87.2 Å². The Balaban J connectivity index is 3.26. The molecule has 0 radical (unpaired) electrons. The van der Waals surface area contributed by atoms with Gasteiger partial charge in [-0.25, -0.2) is 0 Å². The highest BCUT2D eigenvalue weighted by molar-refractivity contribution is 7.29. The van der Waals surface area contributed by atoms with Gasteiger partial charge in [0.05, 0.1) is 17.6 Å². The van der Waals surface area contributed by atoms with E-state index in [1.807, 2.05) is 0 Å². The molecule has 0 saturated carbocycles. The van der Waals surface area contributed by atoms with E-state index >= 15 is 0 Å². The van der Waals surface area contributed by atoms with Crippen LogP contribution in [0.3, 0.4) is 0 Å². The van der Waals surface area contributed by atoms with Crippen LogP contribution in [0.2, 0.25) is 26.2 Å². The van der Waals surface area contributed by atoms with Crippen LogP contribution >= 0.6 is 9.24 Å². The number of hydrogen-bond acceptors (Lipinski definition) is 0. The Hall–Kier alpha value is 0.0838. The van der Waals surface area contributed by atoms with Crippen molar-refractivity contribution in [2.24, 2.45) is 0 Å². The molecule has 72 valence electrons. The molecule has 1 aromatic rings. The second-order valence-electron chi connectivity index (χ2n) is 4.16. The fourth-order valence-corrected chi connectivity index (χ4v) is 8.03. The molecule has 1 aromatic carbocycles. The standard InChI is InChI=1S/C10H19PSi2/c1-12(2)9-7-5-6-8(11)10(9)13(3)4/h5-7,12-13H,11H2,1-4H3. The SMILES string of the molecule is C[SiH](C)c1cccc(P)c1[SiH](C)C. The van der Waals surface area contributed by atoms with Gasteiger partial charge in [0.15, 0.2) is 0 Å². The zero-order chi connectivity index (χ0) is 10.0. The van der Waals surface area contributed by atoms with Crippen LogP contribution in [0.1, 0.15) is 0 Å². The minimum atomic E-state index is -0.650. The van der Waals surface area contributed by atoms with E-state index in [-0.39, 0.29) is 0 Å². The first kappa shape index (κ1) is 11.2. The molecule has 1 unspecified atom stereocenters. The van der Waals surface area contributed by atoms with Crippen molar-refractivity contribution in [3.8, 4) is 0 Å². The van der Waals surface area contributed by atoms with Crippen LogP contribution < -0.4 is 15.7 Å². The van der Waals surface area contributed by atoms with Gasteiger partial charge in [-0.3, -0.25) is 0 Å². The molecule has 1 rings (SSSR count). The lowest BCUT2D eigenvalue weighted by Gasteiger charge is -2.16. The zero-order valence-corrected chi connectivity index (χ0v) is 12.4. The van der Waals surface area contributed by atoms with Gasteiger partial charge in [0.25, 0.3) is 0 Å². The molecule has 0 spiro atoms. The van der Waals surface area contributed by atoms with Crippen molar-refractivity contribution in [3.05, 3.63) is 18.2 Å². The van der Waals surface area contributed by atoms with Gasteiger partial charge in [-0.05, 0) is 5.30 Å². The maximum absolute atomic E-state index is 2.89. The fourth-order valence-electron chi connectivity index (χ4n) is 1.77. The Morgan fingerprint density at radius 2 is 1.62 bits per heavy atom. The van der Waals surface area contributed by atoms with Crippen LogP contribution in [0.15, 0.2) is 18.2 Å². The lowest BCUT2D eigenvalue weighted by Crippen LogP contribution is -2.49. The first-order chi connectivity index (χ1) is 6.04. The van der Waals surface area contributed by atoms with E-state index in [2.05, 4.69) is 53.6 Å². The molecule has 0 amide bonds. The van der Waals surface area contributed by atoms with Crippen LogP contribution in [0.5, 0.6) is 0 Å². The average molecular weight is 226 g/mol. The molecular formula is C10H19PSi2. The van der Waals surface area contributed by atoms with Gasteiger partial charge in [0, 0.05) is 0 Å². The van der Waals surface area contributed by atoms with Crippen molar-refractivity contribution in [2.45, 2.75) is 26.2 Å².